The molecule has 1 aromatic carbocycles. The summed E-state index contributed by atoms with van der Waals surface area (Å²) in [6, 6.07) is 4.43. The van der Waals surface area contributed by atoms with Gasteiger partial charge >= 0.3 is 0 Å². The second-order valence-corrected chi connectivity index (χ2v) is 4.11. The zero-order valence-corrected chi connectivity index (χ0v) is 9.98. The molecule has 1 heterocycles. The number of alkyl halides is 2. The lowest BCUT2D eigenvalue weighted by Gasteiger charge is -2.08. The molecule has 0 atom stereocenters. The predicted octanol–water partition coefficient (Wildman–Crippen LogP) is 2.62. The summed E-state index contributed by atoms with van der Waals surface area (Å²) < 4.78 is 27.0. The number of nitrogen functional groups attached to an aromatic ring is 1. The number of anilines is 1. The molecule has 0 saturated heterocycles. The van der Waals surface area contributed by atoms with Gasteiger partial charge < -0.3 is 10.8 Å². The van der Waals surface area contributed by atoms with Crippen LogP contribution in [-0.4, -0.2) is 14.9 Å². The van der Waals surface area contributed by atoms with Crippen molar-refractivity contribution in [3.05, 3.63) is 29.3 Å². The van der Waals surface area contributed by atoms with E-state index in [4.69, 9.17) is 5.73 Å². The van der Waals surface area contributed by atoms with Crippen molar-refractivity contribution < 1.29 is 13.9 Å². The monoisotopic (exact) mass is 253 g/mol. The van der Waals surface area contributed by atoms with E-state index in [1.54, 1.807) is 26.1 Å². The molecule has 0 amide bonds. The van der Waals surface area contributed by atoms with Crippen LogP contribution in [0.25, 0.3) is 11.3 Å². The number of hydrogen-bond donors (Lipinski definition) is 2. The summed E-state index contributed by atoms with van der Waals surface area (Å²) in [4.78, 5) is 0. The number of halogens is 2. The van der Waals surface area contributed by atoms with E-state index >= 15 is 0 Å². The fourth-order valence-corrected chi connectivity index (χ4v) is 1.74. The summed E-state index contributed by atoms with van der Waals surface area (Å²) in [6.45, 7) is 1.57. The third-order valence-corrected chi connectivity index (χ3v) is 2.78. The van der Waals surface area contributed by atoms with Gasteiger partial charge in [0.1, 0.15) is 11.6 Å². The van der Waals surface area contributed by atoms with E-state index < -0.39 is 12.0 Å². The van der Waals surface area contributed by atoms with Crippen LogP contribution < -0.4 is 5.73 Å². The minimum atomic E-state index is -2.73. The molecule has 0 aliphatic rings. The number of rotatable bonds is 2. The van der Waals surface area contributed by atoms with Gasteiger partial charge in [-0.15, -0.1) is 0 Å². The van der Waals surface area contributed by atoms with E-state index in [2.05, 4.69) is 5.10 Å². The van der Waals surface area contributed by atoms with Crippen LogP contribution in [0.3, 0.4) is 0 Å². The number of nitrogens with two attached hydrogens (primary N) is 1. The maximum absolute atomic E-state index is 12.8. The van der Waals surface area contributed by atoms with Crippen LogP contribution in [0.5, 0.6) is 5.75 Å². The smallest absolute Gasteiger partial charge is 0.267 e. The minimum absolute atomic E-state index is 0.377. The van der Waals surface area contributed by atoms with Gasteiger partial charge in [0.25, 0.3) is 6.43 Å². The molecule has 4 nitrogen and oxygen atoms in total. The van der Waals surface area contributed by atoms with Crippen molar-refractivity contribution in [3.63, 3.8) is 0 Å². The quantitative estimate of drug-likeness (QED) is 0.864. The lowest BCUT2D eigenvalue weighted by molar-refractivity contribution is 0.147. The Morgan fingerprint density at radius 2 is 2.00 bits per heavy atom. The maximum atomic E-state index is 12.8. The van der Waals surface area contributed by atoms with Crippen molar-refractivity contribution in [1.29, 1.82) is 0 Å². The van der Waals surface area contributed by atoms with Gasteiger partial charge in [-0.25, -0.2) is 8.78 Å². The summed E-state index contributed by atoms with van der Waals surface area (Å²) >= 11 is 0. The molecule has 3 N–H and O–H groups in total. The third-order valence-electron chi connectivity index (χ3n) is 2.78. The SMILES string of the molecule is Cc1cc(-c2cc(N)n(C)n2)cc(C(F)F)c1O. The zero-order chi connectivity index (χ0) is 13.4. The highest BCUT2D eigenvalue weighted by atomic mass is 19.3. The Kier molecular flexibility index (Phi) is 2.94. The van der Waals surface area contributed by atoms with Crippen molar-refractivity contribution in [3.8, 4) is 17.0 Å². The van der Waals surface area contributed by atoms with Crippen molar-refractivity contribution in [2.24, 2.45) is 7.05 Å². The summed E-state index contributed by atoms with van der Waals surface area (Å²) in [5.41, 5.74) is 6.64. The van der Waals surface area contributed by atoms with E-state index in [-0.39, 0.29) is 5.75 Å². The van der Waals surface area contributed by atoms with Gasteiger partial charge in [-0.1, -0.05) is 0 Å². The number of aromatic nitrogens is 2. The molecular weight excluding hydrogens is 240 g/mol. The molecule has 0 saturated carbocycles. The van der Waals surface area contributed by atoms with Crippen LogP contribution in [0.2, 0.25) is 0 Å². The van der Waals surface area contributed by atoms with E-state index in [1.165, 1.54) is 10.7 Å². The average Bonchev–Trinajstić information content (AvgIpc) is 2.62. The first-order chi connectivity index (χ1) is 8.40. The Balaban J connectivity index is 2.58. The summed E-state index contributed by atoms with van der Waals surface area (Å²) in [5, 5.41) is 13.7. The Bertz CT molecular complexity index is 574. The van der Waals surface area contributed by atoms with E-state index in [0.717, 1.165) is 0 Å². The normalized spacial score (nSPS) is 11.2. The first-order valence-corrected chi connectivity index (χ1v) is 5.31. The highest BCUT2D eigenvalue weighted by Crippen LogP contribution is 2.35. The molecule has 2 aromatic rings. The van der Waals surface area contributed by atoms with Crippen LogP contribution in [0.1, 0.15) is 17.6 Å². The number of hydrogen-bond acceptors (Lipinski definition) is 3. The number of benzene rings is 1. The molecule has 0 spiro atoms. The molecule has 18 heavy (non-hydrogen) atoms. The van der Waals surface area contributed by atoms with E-state index in [0.29, 0.717) is 22.6 Å². The zero-order valence-electron chi connectivity index (χ0n) is 9.98. The first-order valence-electron chi connectivity index (χ1n) is 5.31. The Morgan fingerprint density at radius 3 is 2.50 bits per heavy atom. The standard InChI is InChI=1S/C12H13F2N3O/c1-6-3-7(4-8(11(6)18)12(13)14)9-5-10(15)17(2)16-9/h3-5,12,18H,15H2,1-2H3. The van der Waals surface area contributed by atoms with Gasteiger partial charge in [0.2, 0.25) is 0 Å². The number of aromatic hydroxyl groups is 1. The lowest BCUT2D eigenvalue weighted by Crippen LogP contribution is -1.96. The second kappa shape index (κ2) is 4.29. The van der Waals surface area contributed by atoms with Gasteiger partial charge in [-0.2, -0.15) is 5.10 Å². The fourth-order valence-electron chi connectivity index (χ4n) is 1.74. The molecule has 0 bridgehead atoms. The maximum Gasteiger partial charge on any atom is 0.267 e. The molecule has 1 aromatic heterocycles. The van der Waals surface area contributed by atoms with Gasteiger partial charge in [0, 0.05) is 18.7 Å². The van der Waals surface area contributed by atoms with Gasteiger partial charge in [0.05, 0.1) is 11.3 Å². The predicted molar refractivity (Wildman–Crippen MR) is 64.4 cm³/mol. The third kappa shape index (κ3) is 2.01. The van der Waals surface area contributed by atoms with Crippen molar-refractivity contribution in [2.75, 3.05) is 5.73 Å². The van der Waals surface area contributed by atoms with Crippen molar-refractivity contribution in [1.82, 2.24) is 9.78 Å². The fraction of sp³-hybridized carbons (Fsp3) is 0.250. The molecule has 0 aliphatic heterocycles. The van der Waals surface area contributed by atoms with Crippen molar-refractivity contribution >= 4 is 5.82 Å². The second-order valence-electron chi connectivity index (χ2n) is 4.11. The van der Waals surface area contributed by atoms with E-state index in [9.17, 15) is 13.9 Å². The molecule has 0 fully saturated rings. The highest BCUT2D eigenvalue weighted by Gasteiger charge is 2.17. The average molecular weight is 253 g/mol. The topological polar surface area (TPSA) is 64.1 Å². The minimum Gasteiger partial charge on any atom is -0.507 e. The number of aryl methyl sites for hydroxylation is 2. The first kappa shape index (κ1) is 12.3. The summed E-state index contributed by atoms with van der Waals surface area (Å²) in [6.07, 6.45) is -2.73. The number of phenolic OH excluding ortho intramolecular Hbond substituents is 1. The molecule has 6 heteroatoms. The Hall–Kier alpha value is -2.11. The van der Waals surface area contributed by atoms with Crippen molar-refractivity contribution in [2.45, 2.75) is 13.3 Å². The van der Waals surface area contributed by atoms with Gasteiger partial charge in [0.15, 0.2) is 0 Å². The molecule has 96 valence electrons. The lowest BCUT2D eigenvalue weighted by atomic mass is 10.0. The molecule has 2 rings (SSSR count). The van der Waals surface area contributed by atoms with Crippen LogP contribution >= 0.6 is 0 Å². The summed E-state index contributed by atoms with van der Waals surface area (Å²) in [5.74, 6) is 0.0620. The molecular formula is C12H13F2N3O. The molecule has 0 aliphatic carbocycles. The Labute approximate surface area is 103 Å². The number of nitrogens with zero attached hydrogens (tertiary/aromatic N) is 2. The van der Waals surface area contributed by atoms with Crippen LogP contribution in [-0.2, 0) is 7.05 Å². The van der Waals surface area contributed by atoms with Gasteiger partial charge in [-0.3, -0.25) is 4.68 Å². The van der Waals surface area contributed by atoms with Crippen LogP contribution in [0.15, 0.2) is 18.2 Å². The van der Waals surface area contributed by atoms with Gasteiger partial charge in [-0.05, 0) is 24.6 Å². The van der Waals surface area contributed by atoms with Crippen LogP contribution in [0.4, 0.5) is 14.6 Å². The largest absolute Gasteiger partial charge is 0.507 e. The molecule has 0 unspecified atom stereocenters. The number of phenols is 1. The highest BCUT2D eigenvalue weighted by molar-refractivity contribution is 5.66. The Morgan fingerprint density at radius 1 is 1.33 bits per heavy atom. The molecule has 0 radical (unpaired) electrons. The van der Waals surface area contributed by atoms with Crippen LogP contribution in [0, 0.1) is 6.92 Å². The van der Waals surface area contributed by atoms with E-state index in [1.807, 2.05) is 0 Å². The summed E-state index contributed by atoms with van der Waals surface area (Å²) in [7, 11) is 1.67.